The molecule has 4 rings (SSSR count). The monoisotopic (exact) mass is 402 g/mol. The number of nitrogens with zero attached hydrogens (tertiary/aromatic N) is 4. The quantitative estimate of drug-likeness (QED) is 0.371. The zero-order chi connectivity index (χ0) is 21.3. The Balaban J connectivity index is 1.52. The van der Waals surface area contributed by atoms with Crippen molar-refractivity contribution >= 4 is 17.8 Å². The van der Waals surface area contributed by atoms with E-state index in [4.69, 9.17) is 5.26 Å². The van der Waals surface area contributed by atoms with Crippen LogP contribution in [0.3, 0.4) is 0 Å². The fraction of sp³-hybridized carbons (Fsp3) is 0.0741. The van der Waals surface area contributed by atoms with Crippen molar-refractivity contribution in [1.82, 2.24) is 9.97 Å². The summed E-state index contributed by atoms with van der Waals surface area (Å²) in [6.07, 6.45) is 7.78. The van der Waals surface area contributed by atoms with Gasteiger partial charge in [0.2, 0.25) is 0 Å². The molecule has 0 aliphatic carbocycles. The van der Waals surface area contributed by atoms with Crippen LogP contribution in [0, 0.1) is 11.3 Å². The molecule has 0 fully saturated rings. The maximum atomic E-state index is 8.91. The molecule has 0 bridgehead atoms. The van der Waals surface area contributed by atoms with Gasteiger partial charge in [0.15, 0.2) is 0 Å². The second kappa shape index (κ2) is 10.00. The van der Waals surface area contributed by atoms with Gasteiger partial charge < -0.3 is 4.90 Å². The number of hydrogen-bond acceptors (Lipinski definition) is 4. The summed E-state index contributed by atoms with van der Waals surface area (Å²) in [6, 6.07) is 30.2. The molecule has 2 heterocycles. The molecule has 0 radical (unpaired) electrons. The summed E-state index contributed by atoms with van der Waals surface area (Å²) < 4.78 is 0. The third kappa shape index (κ3) is 5.65. The van der Waals surface area contributed by atoms with E-state index in [2.05, 4.69) is 57.4 Å². The van der Waals surface area contributed by atoms with Crippen LogP contribution in [0.4, 0.5) is 5.69 Å². The highest BCUT2D eigenvalue weighted by molar-refractivity contribution is 5.70. The molecule has 0 saturated heterocycles. The van der Waals surface area contributed by atoms with Gasteiger partial charge in [0.05, 0.1) is 36.1 Å². The highest BCUT2D eigenvalue weighted by Gasteiger charge is 2.10. The van der Waals surface area contributed by atoms with Crippen LogP contribution in [0.1, 0.15) is 28.1 Å². The first-order chi connectivity index (χ1) is 15.3. The lowest BCUT2D eigenvalue weighted by molar-refractivity contribution is 0.765. The van der Waals surface area contributed by atoms with Gasteiger partial charge >= 0.3 is 0 Å². The highest BCUT2D eigenvalue weighted by Crippen LogP contribution is 2.21. The van der Waals surface area contributed by atoms with E-state index in [1.54, 1.807) is 0 Å². The molecule has 0 atom stereocenters. The van der Waals surface area contributed by atoms with Crippen molar-refractivity contribution in [3.05, 3.63) is 125 Å². The Morgan fingerprint density at radius 1 is 0.677 bits per heavy atom. The summed E-state index contributed by atoms with van der Waals surface area (Å²) in [5.41, 5.74) is 6.00. The third-order valence-corrected chi connectivity index (χ3v) is 4.92. The maximum Gasteiger partial charge on any atom is 0.0991 e. The molecular weight excluding hydrogens is 380 g/mol. The Morgan fingerprint density at radius 2 is 1.19 bits per heavy atom. The molecule has 0 aliphatic rings. The molecule has 0 unspecified atom stereocenters. The van der Waals surface area contributed by atoms with Gasteiger partial charge in [-0.3, -0.25) is 9.97 Å². The van der Waals surface area contributed by atoms with Gasteiger partial charge in [-0.2, -0.15) is 5.26 Å². The first-order valence-electron chi connectivity index (χ1n) is 10.1. The fourth-order valence-corrected chi connectivity index (χ4v) is 3.27. The zero-order valence-corrected chi connectivity index (χ0v) is 17.1. The molecule has 4 heteroatoms. The van der Waals surface area contributed by atoms with Crippen molar-refractivity contribution in [2.45, 2.75) is 13.1 Å². The molecule has 0 aliphatic heterocycles. The number of rotatable bonds is 7. The molecule has 0 spiro atoms. The second-order valence-corrected chi connectivity index (χ2v) is 7.16. The normalized spacial score (nSPS) is 10.7. The van der Waals surface area contributed by atoms with Crippen molar-refractivity contribution in [2.75, 3.05) is 4.90 Å². The van der Waals surface area contributed by atoms with Gasteiger partial charge in [-0.05, 0) is 59.7 Å². The summed E-state index contributed by atoms with van der Waals surface area (Å²) in [4.78, 5) is 11.2. The van der Waals surface area contributed by atoms with E-state index in [9.17, 15) is 0 Å². The molecule has 2 aromatic carbocycles. The minimum absolute atomic E-state index is 0.669. The fourth-order valence-electron chi connectivity index (χ4n) is 3.27. The Labute approximate surface area is 182 Å². The molecule has 0 saturated carbocycles. The smallest absolute Gasteiger partial charge is 0.0991 e. The Morgan fingerprint density at radius 3 is 1.65 bits per heavy atom. The zero-order valence-electron chi connectivity index (χ0n) is 17.1. The van der Waals surface area contributed by atoms with Gasteiger partial charge in [0.25, 0.3) is 0 Å². The van der Waals surface area contributed by atoms with Gasteiger partial charge in [0, 0.05) is 18.1 Å². The lowest BCUT2D eigenvalue weighted by atomic mass is 10.1. The first-order valence-corrected chi connectivity index (χ1v) is 10.1. The number of anilines is 1. The average Bonchev–Trinajstić information content (AvgIpc) is 2.84. The number of benzene rings is 2. The minimum atomic E-state index is 0.669. The van der Waals surface area contributed by atoms with E-state index < -0.39 is 0 Å². The van der Waals surface area contributed by atoms with Crippen molar-refractivity contribution < 1.29 is 0 Å². The molecule has 0 N–H and O–H groups in total. The van der Waals surface area contributed by atoms with E-state index in [1.165, 1.54) is 0 Å². The van der Waals surface area contributed by atoms with Crippen LogP contribution in [0.25, 0.3) is 12.2 Å². The standard InChI is InChI=1S/C27H22N4/c28-19-24-11-9-22(10-12-24)7-8-23-13-15-27(16-14-23)31(20-25-5-1-3-17-29-25)21-26-6-2-4-18-30-26/h1-18H,20-21H2/b8-7+. The van der Waals surface area contributed by atoms with Crippen LogP contribution in [-0.2, 0) is 13.1 Å². The van der Waals surface area contributed by atoms with Crippen LogP contribution in [-0.4, -0.2) is 9.97 Å². The van der Waals surface area contributed by atoms with Gasteiger partial charge in [-0.1, -0.05) is 48.6 Å². The summed E-state index contributed by atoms with van der Waals surface area (Å²) in [6.45, 7) is 1.41. The number of hydrogen-bond donors (Lipinski definition) is 0. The topological polar surface area (TPSA) is 52.8 Å². The third-order valence-electron chi connectivity index (χ3n) is 4.92. The Hall–Kier alpha value is -4.23. The molecule has 0 amide bonds. The lowest BCUT2D eigenvalue weighted by Crippen LogP contribution is -2.23. The molecule has 31 heavy (non-hydrogen) atoms. The number of aromatic nitrogens is 2. The molecule has 4 aromatic rings. The predicted octanol–water partition coefficient (Wildman–Crippen LogP) is 5.73. The first kappa shape index (κ1) is 20.1. The molecule has 4 nitrogen and oxygen atoms in total. The number of nitriles is 1. The van der Waals surface area contributed by atoms with Gasteiger partial charge in [-0.15, -0.1) is 0 Å². The van der Waals surface area contributed by atoms with E-state index >= 15 is 0 Å². The van der Waals surface area contributed by atoms with Crippen molar-refractivity contribution in [3.8, 4) is 6.07 Å². The van der Waals surface area contributed by atoms with Crippen molar-refractivity contribution in [2.24, 2.45) is 0 Å². The van der Waals surface area contributed by atoms with Crippen molar-refractivity contribution in [1.29, 1.82) is 5.26 Å². The highest BCUT2D eigenvalue weighted by atomic mass is 15.1. The minimum Gasteiger partial charge on any atom is -0.360 e. The van der Waals surface area contributed by atoms with Crippen LogP contribution < -0.4 is 4.90 Å². The summed E-state index contributed by atoms with van der Waals surface area (Å²) in [7, 11) is 0. The molecule has 2 aromatic heterocycles. The van der Waals surface area contributed by atoms with Gasteiger partial charge in [0.1, 0.15) is 0 Å². The largest absolute Gasteiger partial charge is 0.360 e. The van der Waals surface area contributed by atoms with Crippen molar-refractivity contribution in [3.63, 3.8) is 0 Å². The van der Waals surface area contributed by atoms with Crippen LogP contribution in [0.2, 0.25) is 0 Å². The second-order valence-electron chi connectivity index (χ2n) is 7.16. The van der Waals surface area contributed by atoms with E-state index in [0.29, 0.717) is 18.7 Å². The Kier molecular flexibility index (Phi) is 6.47. The van der Waals surface area contributed by atoms with Crippen LogP contribution >= 0.6 is 0 Å². The van der Waals surface area contributed by atoms with Gasteiger partial charge in [-0.25, -0.2) is 0 Å². The summed E-state index contributed by atoms with van der Waals surface area (Å²) >= 11 is 0. The Bertz CT molecular complexity index is 1120. The summed E-state index contributed by atoms with van der Waals surface area (Å²) in [5.74, 6) is 0. The number of pyridine rings is 2. The predicted molar refractivity (Wildman–Crippen MR) is 125 cm³/mol. The van der Waals surface area contributed by atoms with E-state index in [1.807, 2.05) is 73.1 Å². The molecule has 150 valence electrons. The van der Waals surface area contributed by atoms with E-state index in [0.717, 1.165) is 28.2 Å². The average molecular weight is 403 g/mol. The van der Waals surface area contributed by atoms with Crippen LogP contribution in [0.15, 0.2) is 97.3 Å². The molecular formula is C27H22N4. The van der Waals surface area contributed by atoms with Crippen LogP contribution in [0.5, 0.6) is 0 Å². The maximum absolute atomic E-state index is 8.91. The summed E-state index contributed by atoms with van der Waals surface area (Å²) in [5, 5.41) is 8.91. The lowest BCUT2D eigenvalue weighted by Gasteiger charge is -2.24. The van der Waals surface area contributed by atoms with E-state index in [-0.39, 0.29) is 0 Å². The SMILES string of the molecule is N#Cc1ccc(/C=C/c2ccc(N(Cc3ccccn3)Cc3ccccn3)cc2)cc1.